The number of carbonyl (C=O) groups excluding carboxylic acids is 2. The standard InChI is InChI=1S/C34H53N9O3/c1-7-27-31(37-25-9-8-14-43(22-25)33(45)46-34(3,4)5)39-32(29(38-27)30(35)44)36-24-10-11-28(23(2)21-24)42-15-12-26(13-16-42)41-19-17-40(6)18-20-41/h10-11,21,25-26H,7-9,12-20,22H2,1-6H3,(H2,35,44)(H2,36,37,39)/t25-/m0/s1. The summed E-state index contributed by atoms with van der Waals surface area (Å²) in [5.41, 5.74) is 9.19. The van der Waals surface area contributed by atoms with Crippen LogP contribution in [0.1, 0.15) is 75.1 Å². The lowest BCUT2D eigenvalue weighted by Gasteiger charge is -2.43. The highest BCUT2D eigenvalue weighted by atomic mass is 16.6. The van der Waals surface area contributed by atoms with E-state index in [1.165, 1.54) is 31.6 Å². The van der Waals surface area contributed by atoms with Crippen LogP contribution < -0.4 is 21.3 Å². The molecule has 0 bridgehead atoms. The molecule has 5 rings (SSSR count). The van der Waals surface area contributed by atoms with E-state index in [9.17, 15) is 9.59 Å². The number of nitrogens with zero attached hydrogens (tertiary/aromatic N) is 6. The summed E-state index contributed by atoms with van der Waals surface area (Å²) in [6, 6.07) is 6.91. The van der Waals surface area contributed by atoms with Crippen LogP contribution >= 0.6 is 0 Å². The SMILES string of the molecule is CCc1nc(C(N)=O)c(Nc2ccc(N3CCC(N4CCN(C)CC4)CC3)c(C)c2)nc1N[C@H]1CCCN(C(=O)OC(C)(C)C)C1. The number of likely N-dealkylation sites (N-methyl/N-ethyl adjacent to an activating group) is 1. The van der Waals surface area contributed by atoms with Crippen LogP contribution in [0.4, 0.5) is 27.8 Å². The highest BCUT2D eigenvalue weighted by Gasteiger charge is 2.30. The van der Waals surface area contributed by atoms with Gasteiger partial charge in [0.05, 0.1) is 5.69 Å². The number of hydrogen-bond donors (Lipinski definition) is 3. The number of nitrogens with two attached hydrogens (primary N) is 1. The molecule has 1 atom stereocenters. The van der Waals surface area contributed by atoms with Gasteiger partial charge in [-0.2, -0.15) is 0 Å². The van der Waals surface area contributed by atoms with E-state index in [2.05, 4.69) is 56.4 Å². The topological polar surface area (TPSA) is 132 Å². The average Bonchev–Trinajstić information content (AvgIpc) is 3.01. The average molecular weight is 636 g/mol. The lowest BCUT2D eigenvalue weighted by Crippen LogP contribution is -2.52. The molecule has 3 aliphatic heterocycles. The molecular weight excluding hydrogens is 582 g/mol. The van der Waals surface area contributed by atoms with Crippen molar-refractivity contribution in [2.24, 2.45) is 5.73 Å². The number of ether oxygens (including phenoxy) is 1. The molecule has 0 spiro atoms. The van der Waals surface area contributed by atoms with Gasteiger partial charge in [0.1, 0.15) is 5.60 Å². The van der Waals surface area contributed by atoms with Crippen molar-refractivity contribution in [2.75, 3.05) is 74.9 Å². The number of hydrogen-bond acceptors (Lipinski definition) is 10. The minimum Gasteiger partial charge on any atom is -0.444 e. The molecule has 12 heteroatoms. The summed E-state index contributed by atoms with van der Waals surface area (Å²) in [7, 11) is 2.21. The third-order valence-electron chi connectivity index (χ3n) is 9.27. The molecule has 252 valence electrons. The highest BCUT2D eigenvalue weighted by molar-refractivity contribution is 5.96. The number of anilines is 4. The van der Waals surface area contributed by atoms with Crippen molar-refractivity contribution in [3.05, 3.63) is 35.2 Å². The number of amides is 2. The van der Waals surface area contributed by atoms with Crippen LogP contribution in [-0.2, 0) is 11.2 Å². The van der Waals surface area contributed by atoms with Gasteiger partial charge < -0.3 is 35.8 Å². The van der Waals surface area contributed by atoms with Crippen LogP contribution in [0.3, 0.4) is 0 Å². The number of nitrogens with one attached hydrogen (secondary N) is 2. The van der Waals surface area contributed by atoms with Crippen molar-refractivity contribution in [3.8, 4) is 0 Å². The van der Waals surface area contributed by atoms with Gasteiger partial charge in [0.15, 0.2) is 17.3 Å². The molecule has 0 unspecified atom stereocenters. The van der Waals surface area contributed by atoms with Crippen LogP contribution in [0.5, 0.6) is 0 Å². The van der Waals surface area contributed by atoms with E-state index in [0.717, 1.165) is 50.3 Å². The maximum atomic E-state index is 12.7. The number of primary amides is 1. The Labute approximate surface area is 274 Å². The normalized spacial score (nSPS) is 20.4. The maximum Gasteiger partial charge on any atom is 0.410 e. The lowest BCUT2D eigenvalue weighted by molar-refractivity contribution is 0.0206. The van der Waals surface area contributed by atoms with Crippen molar-refractivity contribution in [2.45, 2.75) is 84.4 Å². The molecule has 1 aromatic carbocycles. The first-order valence-corrected chi connectivity index (χ1v) is 16.9. The Morgan fingerprint density at radius 2 is 1.72 bits per heavy atom. The number of piperazine rings is 1. The highest BCUT2D eigenvalue weighted by Crippen LogP contribution is 2.30. The largest absolute Gasteiger partial charge is 0.444 e. The number of aryl methyl sites for hydroxylation is 2. The number of carbonyl (C=O) groups is 2. The van der Waals surface area contributed by atoms with Gasteiger partial charge in [-0.05, 0) is 90.6 Å². The van der Waals surface area contributed by atoms with Crippen LogP contribution in [0.15, 0.2) is 18.2 Å². The Hall–Kier alpha value is -3.64. The van der Waals surface area contributed by atoms with Gasteiger partial charge in [-0.15, -0.1) is 0 Å². The third kappa shape index (κ3) is 8.38. The van der Waals surface area contributed by atoms with Crippen molar-refractivity contribution in [3.63, 3.8) is 0 Å². The molecule has 3 saturated heterocycles. The Bertz CT molecular complexity index is 1380. The second kappa shape index (κ2) is 14.4. The van der Waals surface area contributed by atoms with Crippen LogP contribution in [0, 0.1) is 6.92 Å². The van der Waals surface area contributed by atoms with Gasteiger partial charge in [-0.25, -0.2) is 14.8 Å². The second-order valence-electron chi connectivity index (χ2n) is 14.0. The monoisotopic (exact) mass is 635 g/mol. The summed E-state index contributed by atoms with van der Waals surface area (Å²) in [4.78, 5) is 44.0. The van der Waals surface area contributed by atoms with Crippen LogP contribution in [0.25, 0.3) is 0 Å². The van der Waals surface area contributed by atoms with E-state index < -0.39 is 11.5 Å². The summed E-state index contributed by atoms with van der Waals surface area (Å²) in [6.07, 6.45) is 4.32. The smallest absolute Gasteiger partial charge is 0.410 e. The molecule has 3 aliphatic rings. The zero-order valence-electron chi connectivity index (χ0n) is 28.6. The molecule has 4 N–H and O–H groups in total. The summed E-state index contributed by atoms with van der Waals surface area (Å²) in [6.45, 7) is 17.6. The molecule has 12 nitrogen and oxygen atoms in total. The Morgan fingerprint density at radius 1 is 1.00 bits per heavy atom. The molecule has 0 saturated carbocycles. The van der Waals surface area contributed by atoms with Crippen molar-refractivity contribution in [1.82, 2.24) is 24.7 Å². The Kier molecular flexibility index (Phi) is 10.6. The fourth-order valence-corrected chi connectivity index (χ4v) is 6.76. The molecule has 1 aromatic heterocycles. The molecule has 4 heterocycles. The molecule has 0 radical (unpaired) electrons. The van der Waals surface area contributed by atoms with E-state index in [4.69, 9.17) is 15.5 Å². The second-order valence-corrected chi connectivity index (χ2v) is 14.0. The first-order valence-electron chi connectivity index (χ1n) is 16.9. The summed E-state index contributed by atoms with van der Waals surface area (Å²) >= 11 is 0. The number of rotatable bonds is 8. The Balaban J connectivity index is 1.27. The molecular formula is C34H53N9O3. The van der Waals surface area contributed by atoms with E-state index in [1.807, 2.05) is 33.8 Å². The summed E-state index contributed by atoms with van der Waals surface area (Å²) < 4.78 is 5.60. The number of benzene rings is 1. The number of aromatic nitrogens is 2. The van der Waals surface area contributed by atoms with Gasteiger partial charge in [0.2, 0.25) is 0 Å². The van der Waals surface area contributed by atoms with E-state index in [0.29, 0.717) is 42.9 Å². The molecule has 2 amide bonds. The summed E-state index contributed by atoms with van der Waals surface area (Å²) in [5, 5.41) is 6.84. The fraction of sp³-hybridized carbons (Fsp3) is 0.647. The van der Waals surface area contributed by atoms with Gasteiger partial charge in [-0.1, -0.05) is 6.92 Å². The first kappa shape index (κ1) is 33.7. The zero-order chi connectivity index (χ0) is 33.0. The predicted octanol–water partition coefficient (Wildman–Crippen LogP) is 4.22. The number of piperidine rings is 2. The molecule has 3 fully saturated rings. The van der Waals surface area contributed by atoms with E-state index in [1.54, 1.807) is 4.90 Å². The molecule has 46 heavy (non-hydrogen) atoms. The maximum absolute atomic E-state index is 12.7. The summed E-state index contributed by atoms with van der Waals surface area (Å²) in [5.74, 6) is 0.260. The van der Waals surface area contributed by atoms with Crippen LogP contribution in [0.2, 0.25) is 0 Å². The first-order chi connectivity index (χ1) is 21.9. The fourth-order valence-electron chi connectivity index (χ4n) is 6.76. The minimum absolute atomic E-state index is 0.0323. The predicted molar refractivity (Wildman–Crippen MR) is 183 cm³/mol. The minimum atomic E-state index is -0.637. The van der Waals surface area contributed by atoms with Gasteiger partial charge >= 0.3 is 6.09 Å². The van der Waals surface area contributed by atoms with E-state index >= 15 is 0 Å². The third-order valence-corrected chi connectivity index (χ3v) is 9.27. The number of likely N-dealkylation sites (tertiary alicyclic amines) is 1. The van der Waals surface area contributed by atoms with Gasteiger partial charge in [-0.3, -0.25) is 9.69 Å². The molecule has 2 aromatic rings. The van der Waals surface area contributed by atoms with Crippen molar-refractivity contribution in [1.29, 1.82) is 0 Å². The zero-order valence-corrected chi connectivity index (χ0v) is 28.6. The Morgan fingerprint density at radius 3 is 2.35 bits per heavy atom. The van der Waals surface area contributed by atoms with Gasteiger partial charge in [0, 0.05) is 75.8 Å². The van der Waals surface area contributed by atoms with Crippen molar-refractivity contribution < 1.29 is 14.3 Å². The quantitative estimate of drug-likeness (QED) is 0.388. The lowest BCUT2D eigenvalue weighted by atomic mass is 10.0. The van der Waals surface area contributed by atoms with Crippen LogP contribution in [-0.4, -0.2) is 114 Å². The van der Waals surface area contributed by atoms with Crippen molar-refractivity contribution >= 4 is 35.0 Å². The molecule has 0 aliphatic carbocycles. The van der Waals surface area contributed by atoms with Gasteiger partial charge in [0.25, 0.3) is 5.91 Å². The van der Waals surface area contributed by atoms with E-state index in [-0.39, 0.29) is 17.8 Å².